The van der Waals surface area contributed by atoms with E-state index in [9.17, 15) is 0 Å². The van der Waals surface area contributed by atoms with Crippen LogP contribution in [0.4, 0.5) is 0 Å². The lowest BCUT2D eigenvalue weighted by Gasteiger charge is -2.37. The summed E-state index contributed by atoms with van der Waals surface area (Å²) >= 11 is 0. The molecule has 6 heteroatoms. The lowest BCUT2D eigenvalue weighted by atomic mass is 9.86. The third-order valence-corrected chi connectivity index (χ3v) is 4.90. The number of benzene rings is 1. The van der Waals surface area contributed by atoms with Gasteiger partial charge in [-0.2, -0.15) is 4.98 Å². The van der Waals surface area contributed by atoms with Crippen molar-refractivity contribution in [3.63, 3.8) is 0 Å². The summed E-state index contributed by atoms with van der Waals surface area (Å²) in [5, 5.41) is 4.08. The Morgan fingerprint density at radius 2 is 2.00 bits per heavy atom. The first-order valence-corrected chi connectivity index (χ1v) is 8.38. The van der Waals surface area contributed by atoms with Gasteiger partial charge in [-0.05, 0) is 23.8 Å². The molecule has 1 fully saturated rings. The van der Waals surface area contributed by atoms with Crippen molar-refractivity contribution in [2.24, 2.45) is 11.1 Å². The average Bonchev–Trinajstić information content (AvgIpc) is 3.13. The summed E-state index contributed by atoms with van der Waals surface area (Å²) in [6, 6.07) is 11.1. The van der Waals surface area contributed by atoms with Crippen LogP contribution in [0.3, 0.4) is 0 Å². The first kappa shape index (κ1) is 18.9. The van der Waals surface area contributed by atoms with Crippen LogP contribution in [0.25, 0.3) is 0 Å². The van der Waals surface area contributed by atoms with Crippen LogP contribution in [-0.2, 0) is 19.6 Å². The highest BCUT2D eigenvalue weighted by molar-refractivity contribution is 5.85. The molecule has 1 unspecified atom stereocenters. The zero-order valence-corrected chi connectivity index (χ0v) is 15.3. The van der Waals surface area contributed by atoms with Gasteiger partial charge in [0.15, 0.2) is 5.82 Å². The smallest absolute Gasteiger partial charge is 0.240 e. The molecule has 0 saturated heterocycles. The standard InChI is InChI=1S/C18H26N4O.ClH/c1-18(2)10-6-9-15(18)22(12-14-7-4-3-5-8-14)13-16-20-17(11-19)23-21-16;/h3-5,7-8,15H,6,9-13,19H2,1-2H3;1H. The molecule has 1 aromatic heterocycles. The van der Waals surface area contributed by atoms with E-state index in [1.165, 1.54) is 24.8 Å². The Bertz CT molecular complexity index is 629. The van der Waals surface area contributed by atoms with E-state index in [0.717, 1.165) is 12.4 Å². The number of rotatable bonds is 6. The van der Waals surface area contributed by atoms with Crippen LogP contribution in [0.1, 0.15) is 50.4 Å². The SMILES string of the molecule is CC1(C)CCCC1N(Cc1ccccc1)Cc1noc(CN)n1.Cl. The average molecular weight is 351 g/mol. The minimum atomic E-state index is 0. The van der Waals surface area contributed by atoms with E-state index in [-0.39, 0.29) is 12.4 Å². The summed E-state index contributed by atoms with van der Waals surface area (Å²) in [5.74, 6) is 1.23. The highest BCUT2D eigenvalue weighted by atomic mass is 35.5. The van der Waals surface area contributed by atoms with Crippen molar-refractivity contribution in [3.8, 4) is 0 Å². The summed E-state index contributed by atoms with van der Waals surface area (Å²) in [5.41, 5.74) is 7.20. The minimum absolute atomic E-state index is 0. The molecular weight excluding hydrogens is 324 g/mol. The first-order chi connectivity index (χ1) is 11.1. The fourth-order valence-corrected chi connectivity index (χ4v) is 3.70. The molecule has 1 aliphatic carbocycles. The second-order valence-electron chi connectivity index (χ2n) is 7.10. The zero-order valence-electron chi connectivity index (χ0n) is 14.4. The van der Waals surface area contributed by atoms with E-state index >= 15 is 0 Å². The quantitative estimate of drug-likeness (QED) is 0.863. The first-order valence-electron chi connectivity index (χ1n) is 8.38. The van der Waals surface area contributed by atoms with Gasteiger partial charge in [0.05, 0.1) is 13.1 Å². The molecule has 1 aromatic carbocycles. The summed E-state index contributed by atoms with van der Waals surface area (Å²) in [7, 11) is 0. The van der Waals surface area contributed by atoms with Crippen molar-refractivity contribution in [3.05, 3.63) is 47.6 Å². The van der Waals surface area contributed by atoms with E-state index in [1.807, 2.05) is 0 Å². The normalized spacial score (nSPS) is 19.4. The molecule has 5 nitrogen and oxygen atoms in total. The van der Waals surface area contributed by atoms with Crippen molar-refractivity contribution in [2.45, 2.75) is 58.8 Å². The molecular formula is C18H27ClN4O. The Morgan fingerprint density at radius 1 is 1.25 bits per heavy atom. The van der Waals surface area contributed by atoms with E-state index in [0.29, 0.717) is 30.4 Å². The van der Waals surface area contributed by atoms with Crippen LogP contribution in [0.2, 0.25) is 0 Å². The highest BCUT2D eigenvalue weighted by Crippen LogP contribution is 2.41. The van der Waals surface area contributed by atoms with E-state index in [1.54, 1.807) is 0 Å². The van der Waals surface area contributed by atoms with Gasteiger partial charge >= 0.3 is 0 Å². The molecule has 0 bridgehead atoms. The zero-order chi connectivity index (χ0) is 16.3. The van der Waals surface area contributed by atoms with Gasteiger partial charge in [0, 0.05) is 12.6 Å². The Labute approximate surface area is 150 Å². The Kier molecular flexibility index (Phi) is 6.38. The van der Waals surface area contributed by atoms with E-state index < -0.39 is 0 Å². The molecule has 0 radical (unpaired) electrons. The molecule has 0 aliphatic heterocycles. The molecule has 132 valence electrons. The number of hydrogen-bond acceptors (Lipinski definition) is 5. The summed E-state index contributed by atoms with van der Waals surface area (Å²) in [6.07, 6.45) is 3.77. The van der Waals surface area contributed by atoms with Gasteiger partial charge < -0.3 is 10.3 Å². The second-order valence-corrected chi connectivity index (χ2v) is 7.10. The fourth-order valence-electron chi connectivity index (χ4n) is 3.70. The van der Waals surface area contributed by atoms with Crippen molar-refractivity contribution in [1.29, 1.82) is 0 Å². The lowest BCUT2D eigenvalue weighted by molar-refractivity contribution is 0.0943. The lowest BCUT2D eigenvalue weighted by Crippen LogP contribution is -2.41. The van der Waals surface area contributed by atoms with Gasteiger partial charge in [-0.15, -0.1) is 12.4 Å². The van der Waals surface area contributed by atoms with Crippen LogP contribution in [-0.4, -0.2) is 21.1 Å². The van der Waals surface area contributed by atoms with Crippen molar-refractivity contribution in [2.75, 3.05) is 0 Å². The van der Waals surface area contributed by atoms with Crippen LogP contribution < -0.4 is 5.73 Å². The number of hydrogen-bond donors (Lipinski definition) is 1. The summed E-state index contributed by atoms with van der Waals surface area (Å²) in [6.45, 7) is 6.63. The molecule has 1 saturated carbocycles. The maximum absolute atomic E-state index is 5.57. The Morgan fingerprint density at radius 3 is 2.58 bits per heavy atom. The number of nitrogens with two attached hydrogens (primary N) is 1. The molecule has 2 N–H and O–H groups in total. The molecule has 1 aliphatic rings. The highest BCUT2D eigenvalue weighted by Gasteiger charge is 2.38. The topological polar surface area (TPSA) is 68.2 Å². The van der Waals surface area contributed by atoms with Crippen molar-refractivity contribution < 1.29 is 4.52 Å². The molecule has 2 aromatic rings. The molecule has 3 rings (SSSR count). The minimum Gasteiger partial charge on any atom is -0.338 e. The van der Waals surface area contributed by atoms with Gasteiger partial charge in [0.2, 0.25) is 5.89 Å². The van der Waals surface area contributed by atoms with Gasteiger partial charge in [-0.3, -0.25) is 4.90 Å². The maximum Gasteiger partial charge on any atom is 0.240 e. The van der Waals surface area contributed by atoms with Gasteiger partial charge in [-0.25, -0.2) is 0 Å². The van der Waals surface area contributed by atoms with Crippen molar-refractivity contribution in [1.82, 2.24) is 15.0 Å². The Balaban J connectivity index is 0.00000208. The van der Waals surface area contributed by atoms with Gasteiger partial charge in [-0.1, -0.05) is 55.8 Å². The van der Waals surface area contributed by atoms with Crippen molar-refractivity contribution >= 4 is 12.4 Å². The second kappa shape index (κ2) is 8.10. The number of nitrogens with zero attached hydrogens (tertiary/aromatic N) is 3. The van der Waals surface area contributed by atoms with Crippen LogP contribution in [0.15, 0.2) is 34.9 Å². The van der Waals surface area contributed by atoms with Crippen LogP contribution >= 0.6 is 12.4 Å². The largest absolute Gasteiger partial charge is 0.338 e. The molecule has 1 atom stereocenters. The van der Waals surface area contributed by atoms with Gasteiger partial charge in [0.1, 0.15) is 0 Å². The number of aromatic nitrogens is 2. The molecule has 0 amide bonds. The van der Waals surface area contributed by atoms with E-state index in [2.05, 4.69) is 59.2 Å². The maximum atomic E-state index is 5.57. The summed E-state index contributed by atoms with van der Waals surface area (Å²) < 4.78 is 5.17. The van der Waals surface area contributed by atoms with Crippen LogP contribution in [0, 0.1) is 5.41 Å². The number of halogens is 1. The third kappa shape index (κ3) is 4.35. The predicted molar refractivity (Wildman–Crippen MR) is 96.5 cm³/mol. The van der Waals surface area contributed by atoms with Gasteiger partial charge in [0.25, 0.3) is 0 Å². The molecule has 24 heavy (non-hydrogen) atoms. The molecule has 0 spiro atoms. The predicted octanol–water partition coefficient (Wildman–Crippen LogP) is 3.53. The summed E-state index contributed by atoms with van der Waals surface area (Å²) in [4.78, 5) is 6.88. The van der Waals surface area contributed by atoms with E-state index in [4.69, 9.17) is 10.3 Å². The molecule has 1 heterocycles. The Hall–Kier alpha value is -1.43. The fraction of sp³-hybridized carbons (Fsp3) is 0.556. The third-order valence-electron chi connectivity index (χ3n) is 4.90. The van der Waals surface area contributed by atoms with Crippen LogP contribution in [0.5, 0.6) is 0 Å². The monoisotopic (exact) mass is 350 g/mol.